The molecule has 0 spiro atoms. The molecule has 1 aromatic carbocycles. The summed E-state index contributed by atoms with van der Waals surface area (Å²) in [6.45, 7) is 5.16. The van der Waals surface area contributed by atoms with Gasteiger partial charge < -0.3 is 19.1 Å². The number of imidazole rings is 1. The van der Waals surface area contributed by atoms with Crippen LogP contribution in [0, 0.1) is 6.92 Å². The number of aromatic nitrogens is 2. The Morgan fingerprint density at radius 3 is 2.80 bits per heavy atom. The van der Waals surface area contributed by atoms with Crippen LogP contribution >= 0.6 is 0 Å². The summed E-state index contributed by atoms with van der Waals surface area (Å²) in [5, 5.41) is 10.1. The summed E-state index contributed by atoms with van der Waals surface area (Å²) < 4.78 is 12.6. The summed E-state index contributed by atoms with van der Waals surface area (Å²) in [7, 11) is 1.64. The number of aliphatic hydroxyl groups is 1. The van der Waals surface area contributed by atoms with Crippen LogP contribution in [0.15, 0.2) is 24.3 Å². The molecule has 2 rings (SSSR count). The molecule has 5 heteroatoms. The van der Waals surface area contributed by atoms with Gasteiger partial charge in [-0.2, -0.15) is 0 Å². The molecule has 1 aromatic heterocycles. The van der Waals surface area contributed by atoms with Crippen LogP contribution in [0.3, 0.4) is 0 Å². The Bertz CT molecular complexity index is 553. The molecule has 5 nitrogen and oxygen atoms in total. The molecule has 0 saturated carbocycles. The Balaban J connectivity index is 1.99. The van der Waals surface area contributed by atoms with Gasteiger partial charge in [-0.1, -0.05) is 12.1 Å². The van der Waals surface area contributed by atoms with Crippen molar-refractivity contribution in [2.24, 2.45) is 0 Å². The van der Waals surface area contributed by atoms with Crippen molar-refractivity contribution < 1.29 is 14.6 Å². The minimum atomic E-state index is -0.564. The third-order valence-electron chi connectivity index (χ3n) is 3.21. The van der Waals surface area contributed by atoms with E-state index in [-0.39, 0.29) is 12.7 Å². The zero-order valence-corrected chi connectivity index (χ0v) is 12.2. The van der Waals surface area contributed by atoms with Gasteiger partial charge in [0.25, 0.3) is 0 Å². The van der Waals surface area contributed by atoms with Crippen molar-refractivity contribution in [1.29, 1.82) is 0 Å². The molecular weight excluding hydrogens is 256 g/mol. The first kappa shape index (κ1) is 15.0. The standard InChI is InChI=1S/C15H22N2O3/c1-11(9-19-3)20-10-13(18)8-17-12(2)16-14-6-4-5-7-15(14)17/h4-7,11,13,18H,8-10H2,1-3H3. The number of nitrogens with zero attached hydrogens (tertiary/aromatic N) is 2. The number of methoxy groups -OCH3 is 1. The second-order valence-electron chi connectivity index (χ2n) is 5.01. The lowest BCUT2D eigenvalue weighted by Crippen LogP contribution is -2.26. The van der Waals surface area contributed by atoms with E-state index in [4.69, 9.17) is 9.47 Å². The van der Waals surface area contributed by atoms with Crippen LogP contribution in [0.2, 0.25) is 0 Å². The lowest BCUT2D eigenvalue weighted by molar-refractivity contribution is -0.0354. The van der Waals surface area contributed by atoms with E-state index in [1.165, 1.54) is 0 Å². The van der Waals surface area contributed by atoms with Gasteiger partial charge in [0.15, 0.2) is 0 Å². The van der Waals surface area contributed by atoms with Crippen molar-refractivity contribution in [2.75, 3.05) is 20.3 Å². The smallest absolute Gasteiger partial charge is 0.106 e. The van der Waals surface area contributed by atoms with Crippen LogP contribution in [0.4, 0.5) is 0 Å². The molecular formula is C15H22N2O3. The number of aryl methyl sites for hydroxylation is 1. The average molecular weight is 278 g/mol. The molecule has 110 valence electrons. The zero-order valence-electron chi connectivity index (χ0n) is 12.2. The normalized spacial score (nSPS) is 14.6. The molecule has 0 fully saturated rings. The van der Waals surface area contributed by atoms with Gasteiger partial charge in [-0.15, -0.1) is 0 Å². The van der Waals surface area contributed by atoms with Crippen LogP contribution in [0.5, 0.6) is 0 Å². The number of benzene rings is 1. The summed E-state index contributed by atoms with van der Waals surface area (Å²) in [6, 6.07) is 7.92. The van der Waals surface area contributed by atoms with Crippen molar-refractivity contribution in [2.45, 2.75) is 32.6 Å². The van der Waals surface area contributed by atoms with E-state index in [9.17, 15) is 5.11 Å². The van der Waals surface area contributed by atoms with Gasteiger partial charge in [-0.05, 0) is 26.0 Å². The summed E-state index contributed by atoms with van der Waals surface area (Å²) in [5.41, 5.74) is 1.99. The number of para-hydroxylation sites is 2. The fourth-order valence-corrected chi connectivity index (χ4v) is 2.25. The fraction of sp³-hybridized carbons (Fsp3) is 0.533. The van der Waals surface area contributed by atoms with E-state index in [0.29, 0.717) is 13.2 Å². The average Bonchev–Trinajstić information content (AvgIpc) is 2.73. The van der Waals surface area contributed by atoms with Crippen LogP contribution in [-0.2, 0) is 16.0 Å². The molecule has 20 heavy (non-hydrogen) atoms. The predicted molar refractivity (Wildman–Crippen MR) is 77.8 cm³/mol. The van der Waals surface area contributed by atoms with Gasteiger partial charge >= 0.3 is 0 Å². The van der Waals surface area contributed by atoms with Crippen LogP contribution in [-0.4, -0.2) is 47.2 Å². The Labute approximate surface area is 119 Å². The van der Waals surface area contributed by atoms with Crippen LogP contribution in [0.1, 0.15) is 12.7 Å². The number of ether oxygens (including phenoxy) is 2. The van der Waals surface area contributed by atoms with Crippen molar-refractivity contribution in [3.8, 4) is 0 Å². The third kappa shape index (κ3) is 3.56. The third-order valence-corrected chi connectivity index (χ3v) is 3.21. The lowest BCUT2D eigenvalue weighted by atomic mass is 10.3. The van der Waals surface area contributed by atoms with E-state index >= 15 is 0 Å². The quantitative estimate of drug-likeness (QED) is 0.838. The van der Waals surface area contributed by atoms with E-state index in [1.54, 1.807) is 7.11 Å². The second-order valence-corrected chi connectivity index (χ2v) is 5.01. The monoisotopic (exact) mass is 278 g/mol. The molecule has 2 aromatic rings. The summed E-state index contributed by atoms with van der Waals surface area (Å²) >= 11 is 0. The SMILES string of the molecule is COCC(C)OCC(O)Cn1c(C)nc2ccccc21. The molecule has 0 radical (unpaired) electrons. The second kappa shape index (κ2) is 6.83. The molecule has 1 heterocycles. The molecule has 0 aliphatic carbocycles. The molecule has 2 unspecified atom stereocenters. The first-order valence-electron chi connectivity index (χ1n) is 6.82. The number of rotatable bonds is 7. The Morgan fingerprint density at radius 1 is 1.30 bits per heavy atom. The topological polar surface area (TPSA) is 56.5 Å². The molecule has 0 amide bonds. The number of hydrogen-bond donors (Lipinski definition) is 1. The van der Waals surface area contributed by atoms with Crippen molar-refractivity contribution in [3.63, 3.8) is 0 Å². The molecule has 2 atom stereocenters. The first-order valence-corrected chi connectivity index (χ1v) is 6.82. The van der Waals surface area contributed by atoms with Gasteiger partial charge in [-0.3, -0.25) is 0 Å². The zero-order chi connectivity index (χ0) is 14.5. The number of fused-ring (bicyclic) bond motifs is 1. The van der Waals surface area contributed by atoms with Crippen LogP contribution < -0.4 is 0 Å². The fourth-order valence-electron chi connectivity index (χ4n) is 2.25. The minimum absolute atomic E-state index is 0.0183. The van der Waals surface area contributed by atoms with Crippen LogP contribution in [0.25, 0.3) is 11.0 Å². The Morgan fingerprint density at radius 2 is 2.05 bits per heavy atom. The lowest BCUT2D eigenvalue weighted by Gasteiger charge is -2.17. The summed E-state index contributed by atoms with van der Waals surface area (Å²) in [4.78, 5) is 4.48. The highest BCUT2D eigenvalue weighted by molar-refractivity contribution is 5.75. The van der Waals surface area contributed by atoms with E-state index in [0.717, 1.165) is 16.9 Å². The summed E-state index contributed by atoms with van der Waals surface area (Å²) in [6.07, 6.45) is -0.583. The highest BCUT2D eigenvalue weighted by Gasteiger charge is 2.13. The van der Waals surface area contributed by atoms with Crippen molar-refractivity contribution in [3.05, 3.63) is 30.1 Å². The molecule has 0 aliphatic heterocycles. The number of aliphatic hydroxyl groups excluding tert-OH is 1. The maximum Gasteiger partial charge on any atom is 0.106 e. The van der Waals surface area contributed by atoms with E-state index in [2.05, 4.69) is 4.98 Å². The van der Waals surface area contributed by atoms with E-state index in [1.807, 2.05) is 42.7 Å². The minimum Gasteiger partial charge on any atom is -0.389 e. The Hall–Kier alpha value is -1.43. The first-order chi connectivity index (χ1) is 9.61. The highest BCUT2D eigenvalue weighted by Crippen LogP contribution is 2.16. The van der Waals surface area contributed by atoms with Gasteiger partial charge in [0.1, 0.15) is 5.82 Å². The molecule has 0 aliphatic rings. The Kier molecular flexibility index (Phi) is 5.11. The van der Waals surface area contributed by atoms with Gasteiger partial charge in [0.05, 0.1) is 43.0 Å². The maximum atomic E-state index is 10.1. The van der Waals surface area contributed by atoms with Gasteiger partial charge in [0.2, 0.25) is 0 Å². The highest BCUT2D eigenvalue weighted by atomic mass is 16.5. The maximum absolute atomic E-state index is 10.1. The molecule has 0 saturated heterocycles. The van der Waals surface area contributed by atoms with Gasteiger partial charge in [-0.25, -0.2) is 4.98 Å². The van der Waals surface area contributed by atoms with E-state index < -0.39 is 6.10 Å². The predicted octanol–water partition coefficient (Wildman–Crippen LogP) is 1.76. The van der Waals surface area contributed by atoms with Crippen molar-refractivity contribution in [1.82, 2.24) is 9.55 Å². The van der Waals surface area contributed by atoms with Gasteiger partial charge in [0, 0.05) is 7.11 Å². The summed E-state index contributed by atoms with van der Waals surface area (Å²) in [5.74, 6) is 0.898. The largest absolute Gasteiger partial charge is 0.389 e. The molecule has 1 N–H and O–H groups in total. The number of hydrogen-bond acceptors (Lipinski definition) is 4. The van der Waals surface area contributed by atoms with Crippen molar-refractivity contribution >= 4 is 11.0 Å². The molecule has 0 bridgehead atoms.